The van der Waals surface area contributed by atoms with Crippen molar-refractivity contribution in [1.82, 2.24) is 9.55 Å². The molecule has 1 unspecified atom stereocenters. The molecule has 40 heavy (non-hydrogen) atoms. The summed E-state index contributed by atoms with van der Waals surface area (Å²) in [5.41, 5.74) is 7.74. The van der Waals surface area contributed by atoms with Crippen LogP contribution in [0.25, 0.3) is 0 Å². The zero-order chi connectivity index (χ0) is 28.0. The summed E-state index contributed by atoms with van der Waals surface area (Å²) in [6.07, 6.45) is 10.7. The Balaban J connectivity index is 0.000000210. The second kappa shape index (κ2) is 14.9. The fourth-order valence-corrected chi connectivity index (χ4v) is 8.41. The van der Waals surface area contributed by atoms with Crippen molar-refractivity contribution in [1.29, 1.82) is 0 Å². The Hall–Kier alpha value is -4.15. The Labute approximate surface area is 242 Å². The van der Waals surface area contributed by atoms with Crippen molar-refractivity contribution in [2.75, 3.05) is 0 Å². The van der Waals surface area contributed by atoms with Gasteiger partial charge in [0.25, 0.3) is 0 Å². The summed E-state index contributed by atoms with van der Waals surface area (Å²) >= 11 is 0. The van der Waals surface area contributed by atoms with E-state index in [0.717, 1.165) is 6.42 Å². The van der Waals surface area contributed by atoms with E-state index in [1.165, 1.54) is 28.5 Å². The van der Waals surface area contributed by atoms with Gasteiger partial charge < -0.3 is 4.57 Å². The van der Waals surface area contributed by atoms with E-state index >= 15 is 0 Å². The largest absolute Gasteiger partial charge is 0.326 e. The third-order valence-electron chi connectivity index (χ3n) is 7.43. The molecule has 0 N–H and O–H groups in total. The molecule has 4 aromatic carbocycles. The summed E-state index contributed by atoms with van der Waals surface area (Å²) in [7, 11) is -1.39. The normalized spacial score (nSPS) is 11.8. The molecule has 0 aliphatic heterocycles. The molecule has 0 aliphatic rings. The Morgan fingerprint density at radius 3 is 1.65 bits per heavy atom. The number of rotatable bonds is 10. The molecule has 0 radical (unpaired) electrons. The summed E-state index contributed by atoms with van der Waals surface area (Å²) in [5, 5.41) is -0.177. The fourth-order valence-electron chi connectivity index (χ4n) is 5.47. The van der Waals surface area contributed by atoms with Crippen molar-refractivity contribution in [3.63, 3.8) is 0 Å². The first kappa shape index (κ1) is 28.8. The molecule has 5 rings (SSSR count). The summed E-state index contributed by atoms with van der Waals surface area (Å²) in [6, 6.07) is 42.6. The van der Waals surface area contributed by atoms with Crippen LogP contribution in [0.1, 0.15) is 30.9 Å². The predicted molar refractivity (Wildman–Crippen MR) is 176 cm³/mol. The number of unbranched alkanes of at least 4 members (excludes halogenated alkanes) is 1. The van der Waals surface area contributed by atoms with Crippen LogP contribution in [0.4, 0.5) is 0 Å². The van der Waals surface area contributed by atoms with Gasteiger partial charge in [0.15, 0.2) is 0 Å². The van der Waals surface area contributed by atoms with Gasteiger partial charge in [-0.3, -0.25) is 0 Å². The lowest BCUT2D eigenvalue weighted by atomic mass is 9.41. The van der Waals surface area contributed by atoms with Crippen LogP contribution in [0, 0.1) is 0 Å². The van der Waals surface area contributed by atoms with E-state index in [4.69, 9.17) is 0 Å². The SMILES string of the molecule is C=CB(c1ccccc1)c1ccccc1.CCCC=C[SiH](C)C(c1ccccc1)(c1ccccc1)n1ccnc1. The number of nitrogens with zero attached hydrogens (tertiary/aromatic N) is 2. The Morgan fingerprint density at radius 2 is 1.25 bits per heavy atom. The lowest BCUT2D eigenvalue weighted by molar-refractivity contribution is 0.587. The van der Waals surface area contributed by atoms with Crippen molar-refractivity contribution >= 4 is 26.4 Å². The molecule has 0 saturated heterocycles. The second-order valence-corrected chi connectivity index (χ2v) is 12.8. The van der Waals surface area contributed by atoms with E-state index in [1.807, 2.05) is 30.6 Å². The van der Waals surface area contributed by atoms with Crippen LogP contribution in [0.15, 0.2) is 164 Å². The maximum Gasteiger partial charge on any atom is 0.233 e. The lowest BCUT2D eigenvalue weighted by Crippen LogP contribution is -2.47. The maximum absolute atomic E-state index is 4.38. The van der Waals surface area contributed by atoms with E-state index in [0.29, 0.717) is 6.71 Å². The highest BCUT2D eigenvalue weighted by atomic mass is 28.3. The minimum atomic E-state index is -1.39. The molecule has 1 heterocycles. The topological polar surface area (TPSA) is 17.8 Å². The number of hydrogen-bond donors (Lipinski definition) is 0. The molecule has 0 bridgehead atoms. The first-order valence-electron chi connectivity index (χ1n) is 14.2. The van der Waals surface area contributed by atoms with Gasteiger partial charge in [-0.1, -0.05) is 164 Å². The van der Waals surface area contributed by atoms with Crippen LogP contribution in [0.2, 0.25) is 6.55 Å². The van der Waals surface area contributed by atoms with Gasteiger partial charge in [-0.15, -0.1) is 12.6 Å². The fraction of sp³-hybridized carbons (Fsp3) is 0.139. The molecule has 0 spiro atoms. The van der Waals surface area contributed by atoms with Gasteiger partial charge in [-0.25, -0.2) is 4.98 Å². The van der Waals surface area contributed by atoms with Crippen LogP contribution >= 0.6 is 0 Å². The van der Waals surface area contributed by atoms with Gasteiger partial charge in [0.1, 0.15) is 0 Å². The molecule has 0 fully saturated rings. The van der Waals surface area contributed by atoms with Crippen molar-refractivity contribution in [2.24, 2.45) is 0 Å². The standard InChI is InChI=1S/C22H26N2Si.C14H13B/c1-3-4-11-18-25(2)22(24-17-16-23-19-24,20-12-7-5-8-13-20)21-14-9-6-10-15-21;1-2-15(13-9-5-3-6-10-13)14-11-7-4-8-12-14/h5-19,25H,3-4H2,1-2H3;2-12H,1H2. The van der Waals surface area contributed by atoms with E-state index < -0.39 is 8.80 Å². The van der Waals surface area contributed by atoms with Crippen LogP contribution in [-0.4, -0.2) is 25.1 Å². The number of benzene rings is 4. The van der Waals surface area contributed by atoms with Gasteiger partial charge in [-0.05, 0) is 17.5 Å². The quantitative estimate of drug-likeness (QED) is 0.175. The Kier molecular flexibility index (Phi) is 10.7. The van der Waals surface area contributed by atoms with Gasteiger partial charge >= 0.3 is 0 Å². The number of hydrogen-bond acceptors (Lipinski definition) is 1. The monoisotopic (exact) mass is 538 g/mol. The van der Waals surface area contributed by atoms with E-state index in [2.05, 4.69) is 157 Å². The van der Waals surface area contributed by atoms with Gasteiger partial charge in [0, 0.05) is 12.4 Å². The van der Waals surface area contributed by atoms with E-state index in [9.17, 15) is 0 Å². The van der Waals surface area contributed by atoms with Crippen LogP contribution < -0.4 is 10.9 Å². The average molecular weight is 539 g/mol. The average Bonchev–Trinajstić information content (AvgIpc) is 3.56. The highest BCUT2D eigenvalue weighted by Gasteiger charge is 2.40. The highest BCUT2D eigenvalue weighted by Crippen LogP contribution is 2.37. The number of allylic oxidation sites excluding steroid dienone is 1. The first-order valence-corrected chi connectivity index (χ1v) is 16.6. The van der Waals surface area contributed by atoms with Gasteiger partial charge in [-0.2, -0.15) is 0 Å². The zero-order valence-corrected chi connectivity index (χ0v) is 24.8. The summed E-state index contributed by atoms with van der Waals surface area (Å²) in [4.78, 5) is 4.38. The molecule has 0 saturated carbocycles. The molecule has 4 heteroatoms. The minimum absolute atomic E-state index is 0.177. The molecule has 5 aromatic rings. The molecule has 1 aromatic heterocycles. The molecular formula is C36H39BN2Si. The van der Waals surface area contributed by atoms with Crippen molar-refractivity contribution in [3.8, 4) is 0 Å². The smallest absolute Gasteiger partial charge is 0.233 e. The Bertz CT molecular complexity index is 1340. The summed E-state index contributed by atoms with van der Waals surface area (Å²) in [6.45, 7) is 8.88. The predicted octanol–water partition coefficient (Wildman–Crippen LogP) is 6.99. The van der Waals surface area contributed by atoms with Gasteiger partial charge in [0.2, 0.25) is 6.71 Å². The summed E-state index contributed by atoms with van der Waals surface area (Å²) < 4.78 is 2.31. The van der Waals surface area contributed by atoms with E-state index in [-0.39, 0.29) is 5.16 Å². The van der Waals surface area contributed by atoms with Crippen LogP contribution in [0.5, 0.6) is 0 Å². The first-order chi connectivity index (χ1) is 19.7. The highest BCUT2D eigenvalue weighted by molar-refractivity contribution is 6.89. The third kappa shape index (κ3) is 6.70. The van der Waals surface area contributed by atoms with Crippen LogP contribution in [0.3, 0.4) is 0 Å². The third-order valence-corrected chi connectivity index (χ3v) is 10.6. The van der Waals surface area contributed by atoms with Crippen molar-refractivity contribution in [2.45, 2.75) is 31.5 Å². The lowest BCUT2D eigenvalue weighted by Gasteiger charge is -2.40. The number of aromatic nitrogens is 2. The Morgan fingerprint density at radius 1 is 0.775 bits per heavy atom. The molecule has 0 aliphatic carbocycles. The molecule has 200 valence electrons. The van der Waals surface area contributed by atoms with Crippen molar-refractivity contribution in [3.05, 3.63) is 176 Å². The minimum Gasteiger partial charge on any atom is -0.326 e. The van der Waals surface area contributed by atoms with Gasteiger partial charge in [0.05, 0.1) is 20.3 Å². The molecular weight excluding hydrogens is 499 g/mol. The summed E-state index contributed by atoms with van der Waals surface area (Å²) in [5.74, 6) is 1.99. The maximum atomic E-state index is 4.38. The molecule has 0 amide bonds. The van der Waals surface area contributed by atoms with E-state index in [1.54, 1.807) is 0 Å². The number of imidazole rings is 1. The second-order valence-electron chi connectivity index (χ2n) is 10.0. The molecule has 1 atom stereocenters. The zero-order valence-electron chi connectivity index (χ0n) is 23.7. The molecule has 2 nitrogen and oxygen atoms in total. The van der Waals surface area contributed by atoms with Crippen molar-refractivity contribution < 1.29 is 0 Å². The van der Waals surface area contributed by atoms with Crippen LogP contribution in [-0.2, 0) is 5.16 Å².